The van der Waals surface area contributed by atoms with E-state index in [4.69, 9.17) is 4.74 Å². The van der Waals surface area contributed by atoms with Crippen LogP contribution in [0.4, 0.5) is 4.79 Å². The summed E-state index contributed by atoms with van der Waals surface area (Å²) in [7, 11) is 0. The van der Waals surface area contributed by atoms with Gasteiger partial charge < -0.3 is 20.5 Å². The zero-order valence-corrected chi connectivity index (χ0v) is 26.7. The Labute approximate surface area is 260 Å². The van der Waals surface area contributed by atoms with Gasteiger partial charge in [-0.05, 0) is 43.0 Å². The fourth-order valence-electron chi connectivity index (χ4n) is 7.33. The molecule has 1 saturated heterocycles. The topological polar surface area (TPSA) is 125 Å². The number of hydrogen-bond donors (Lipinski definition) is 3. The molecule has 1 heterocycles. The van der Waals surface area contributed by atoms with E-state index in [1.54, 1.807) is 20.8 Å². The third kappa shape index (κ3) is 4.70. The quantitative estimate of drug-likeness (QED) is 0.224. The van der Waals surface area contributed by atoms with E-state index in [-0.39, 0.29) is 32.0 Å². The normalized spacial score (nSPS) is 29.6. The molecule has 9 nitrogen and oxygen atoms in total. The molecule has 2 aromatic carbocycles. The van der Waals surface area contributed by atoms with Crippen LogP contribution in [0.3, 0.4) is 0 Å². The van der Waals surface area contributed by atoms with Gasteiger partial charge in [-0.1, -0.05) is 90.4 Å². The summed E-state index contributed by atoms with van der Waals surface area (Å²) in [6, 6.07) is 19.4. The van der Waals surface area contributed by atoms with Gasteiger partial charge >= 0.3 is 6.09 Å². The number of fused-ring (bicyclic) bond motifs is 5. The first-order chi connectivity index (χ1) is 20.2. The van der Waals surface area contributed by atoms with Gasteiger partial charge in [0.25, 0.3) is 0 Å². The highest BCUT2D eigenvalue weighted by Crippen LogP contribution is 2.79. The van der Waals surface area contributed by atoms with Crippen LogP contribution in [0, 0.1) is 16.7 Å². The van der Waals surface area contributed by atoms with E-state index < -0.39 is 50.7 Å². The van der Waals surface area contributed by atoms with Gasteiger partial charge in [0.2, 0.25) is 17.7 Å². The largest absolute Gasteiger partial charge is 0.444 e. The molecule has 5 rings (SSSR count). The lowest BCUT2D eigenvalue weighted by Crippen LogP contribution is -2.51. The van der Waals surface area contributed by atoms with Gasteiger partial charge in [0, 0.05) is 36.9 Å². The summed E-state index contributed by atoms with van der Waals surface area (Å²) in [6.07, 6.45) is -1.70. The van der Waals surface area contributed by atoms with E-state index in [0.717, 1.165) is 27.2 Å². The summed E-state index contributed by atoms with van der Waals surface area (Å²) < 4.78 is 3.78. The maximum absolute atomic E-state index is 14.2. The maximum atomic E-state index is 14.2. The molecule has 2 bridgehead atoms. The van der Waals surface area contributed by atoms with Crippen molar-refractivity contribution in [3.8, 4) is 0 Å². The Morgan fingerprint density at radius 2 is 1.47 bits per heavy atom. The minimum absolute atomic E-state index is 0.0970. The van der Waals surface area contributed by atoms with Crippen molar-refractivity contribution in [2.45, 2.75) is 57.1 Å². The number of halogens is 1. The Hall–Kier alpha value is -3.50. The second-order valence-corrected chi connectivity index (χ2v) is 14.1. The number of imide groups is 1. The Bertz CT molecular complexity index is 1490. The number of aliphatic hydroxyl groups is 1. The number of likely N-dealkylation sites (tertiary alicyclic amines) is 1. The monoisotopic (exact) mass is 651 g/mol. The Kier molecular flexibility index (Phi) is 7.84. The molecule has 2 aromatic rings. The third-order valence-corrected chi connectivity index (χ3v) is 10.7. The van der Waals surface area contributed by atoms with Crippen molar-refractivity contribution < 1.29 is 29.0 Å². The lowest BCUT2D eigenvalue weighted by atomic mass is 9.63. The highest BCUT2D eigenvalue weighted by Gasteiger charge is 2.85. The van der Waals surface area contributed by atoms with Crippen LogP contribution in [0.1, 0.15) is 52.2 Å². The number of alkyl carbamates (subject to hydrolysis) is 1. The lowest BCUT2D eigenvalue weighted by Gasteiger charge is -2.42. The predicted octanol–water partition coefficient (Wildman–Crippen LogP) is 4.15. The van der Waals surface area contributed by atoms with Crippen molar-refractivity contribution in [1.29, 1.82) is 0 Å². The molecule has 2 fully saturated rings. The number of nitrogens with one attached hydrogen (secondary N) is 2. The average molecular weight is 653 g/mol. The van der Waals surface area contributed by atoms with Crippen LogP contribution in [0.15, 0.2) is 60.7 Å². The molecular formula is C33H38BrN3O6. The fourth-order valence-corrected chi connectivity index (χ4v) is 8.63. The molecule has 1 saturated carbocycles. The summed E-state index contributed by atoms with van der Waals surface area (Å²) in [5, 5.41) is 17.3. The molecule has 2 aliphatic carbocycles. The molecular weight excluding hydrogens is 614 g/mol. The third-order valence-electron chi connectivity index (χ3n) is 9.05. The van der Waals surface area contributed by atoms with Crippen molar-refractivity contribution >= 4 is 50.9 Å². The Morgan fingerprint density at radius 1 is 0.930 bits per heavy atom. The minimum Gasteiger partial charge on any atom is -0.444 e. The first-order valence-corrected chi connectivity index (χ1v) is 15.3. The van der Waals surface area contributed by atoms with Crippen LogP contribution in [0.2, 0.25) is 0 Å². The molecule has 10 heteroatoms. The number of alkyl halides is 1. The van der Waals surface area contributed by atoms with Gasteiger partial charge in [0.15, 0.2) is 0 Å². The molecule has 1 aliphatic heterocycles. The number of hydrogen-bond acceptors (Lipinski definition) is 6. The van der Waals surface area contributed by atoms with E-state index in [1.807, 2.05) is 74.5 Å². The summed E-state index contributed by atoms with van der Waals surface area (Å²) in [4.78, 5) is 53.9. The van der Waals surface area contributed by atoms with Crippen molar-refractivity contribution in [3.05, 3.63) is 71.8 Å². The van der Waals surface area contributed by atoms with Crippen LogP contribution >= 0.6 is 15.9 Å². The van der Waals surface area contributed by atoms with E-state index in [9.17, 15) is 24.3 Å². The lowest BCUT2D eigenvalue weighted by molar-refractivity contribution is -0.143. The van der Waals surface area contributed by atoms with Crippen LogP contribution in [0.25, 0.3) is 11.1 Å². The number of benzene rings is 2. The van der Waals surface area contributed by atoms with Crippen LogP contribution in [0.5, 0.6) is 0 Å². The van der Waals surface area contributed by atoms with E-state index in [1.165, 1.54) is 0 Å². The fraction of sp³-hybridized carbons (Fsp3) is 0.455. The smallest absolute Gasteiger partial charge is 0.407 e. The highest BCUT2D eigenvalue weighted by molar-refractivity contribution is 9.10. The van der Waals surface area contributed by atoms with Crippen LogP contribution in [-0.4, -0.2) is 69.5 Å². The van der Waals surface area contributed by atoms with E-state index >= 15 is 0 Å². The molecule has 4 amide bonds. The zero-order chi connectivity index (χ0) is 31.4. The molecule has 228 valence electrons. The highest BCUT2D eigenvalue weighted by atomic mass is 79.9. The van der Waals surface area contributed by atoms with Gasteiger partial charge in [-0.2, -0.15) is 0 Å². The molecule has 0 aromatic heterocycles. The first kappa shape index (κ1) is 30.9. The van der Waals surface area contributed by atoms with Gasteiger partial charge in [-0.3, -0.25) is 19.3 Å². The van der Waals surface area contributed by atoms with Gasteiger partial charge in [0.05, 0.1) is 12.0 Å². The summed E-state index contributed by atoms with van der Waals surface area (Å²) in [5.41, 5.74) is 0.600. The standard InChI is InChI=1S/C33H38BrN3O6/c1-30(2,3)43-29(42)36-18-17-35-22(38)16-19-37-26(39)25-31(4)23(20-12-8-6-9-13-20)24(21-14-10-7-11-15-21)32(5,27(31)40)33(25,34)28(37)41/h6-15,25,27,40H,16-19H2,1-5H3,(H,35,38)(H,36,42). The zero-order valence-electron chi connectivity index (χ0n) is 25.1. The van der Waals surface area contributed by atoms with E-state index in [0.29, 0.717) is 0 Å². The second-order valence-electron chi connectivity index (χ2n) is 12.8. The van der Waals surface area contributed by atoms with Crippen LogP contribution < -0.4 is 10.6 Å². The number of ether oxygens (including phenoxy) is 1. The maximum Gasteiger partial charge on any atom is 0.407 e. The molecule has 0 spiro atoms. The van der Waals surface area contributed by atoms with Gasteiger partial charge in [-0.15, -0.1) is 0 Å². The summed E-state index contributed by atoms with van der Waals surface area (Å²) in [5.74, 6) is -2.10. The number of carbonyl (C=O) groups is 4. The Balaban J connectivity index is 1.38. The molecule has 3 N–H and O–H groups in total. The summed E-state index contributed by atoms with van der Waals surface area (Å²) in [6.45, 7) is 9.24. The molecule has 43 heavy (non-hydrogen) atoms. The van der Waals surface area contributed by atoms with Crippen molar-refractivity contribution in [3.63, 3.8) is 0 Å². The molecule has 5 unspecified atom stereocenters. The SMILES string of the molecule is CC(C)(C)OC(=O)NCCNC(=O)CCN1C(=O)C2C3(C)C(c4ccccc4)=C(c4ccccc4)C(C)(C3O)C2(Br)C1=O. The second kappa shape index (κ2) is 10.9. The molecule has 0 radical (unpaired) electrons. The number of aliphatic hydroxyl groups excluding tert-OH is 1. The van der Waals surface area contributed by atoms with Gasteiger partial charge in [-0.25, -0.2) is 4.79 Å². The van der Waals surface area contributed by atoms with Crippen molar-refractivity contribution in [2.24, 2.45) is 16.7 Å². The average Bonchev–Trinajstić information content (AvgIpc) is 3.34. The molecule has 5 atom stereocenters. The predicted molar refractivity (Wildman–Crippen MR) is 166 cm³/mol. The van der Waals surface area contributed by atoms with Crippen molar-refractivity contribution in [1.82, 2.24) is 15.5 Å². The summed E-state index contributed by atoms with van der Waals surface area (Å²) >= 11 is 3.78. The first-order valence-electron chi connectivity index (χ1n) is 14.5. The number of amides is 4. The number of rotatable bonds is 8. The van der Waals surface area contributed by atoms with Gasteiger partial charge in [0.1, 0.15) is 9.93 Å². The number of carbonyl (C=O) groups excluding carboxylic acids is 4. The van der Waals surface area contributed by atoms with Crippen molar-refractivity contribution in [2.75, 3.05) is 19.6 Å². The Morgan fingerprint density at radius 3 is 2.02 bits per heavy atom. The minimum atomic E-state index is -1.40. The van der Waals surface area contributed by atoms with Crippen LogP contribution in [-0.2, 0) is 19.1 Å². The van der Waals surface area contributed by atoms with E-state index in [2.05, 4.69) is 26.6 Å². The molecule has 3 aliphatic rings. The number of nitrogens with zero attached hydrogens (tertiary/aromatic N) is 1.